The van der Waals surface area contributed by atoms with Gasteiger partial charge in [0.05, 0.1) is 0 Å². The largest absolute Gasteiger partial charge is 0.378 e. The molecule has 4 heteroatoms. The van der Waals surface area contributed by atoms with Gasteiger partial charge in [0.1, 0.15) is 0 Å². The minimum Gasteiger partial charge on any atom is -0.378 e. The summed E-state index contributed by atoms with van der Waals surface area (Å²) in [5.41, 5.74) is 1.81. The number of halogens is 1. The summed E-state index contributed by atoms with van der Waals surface area (Å²) in [6, 6.07) is 7.75. The first-order chi connectivity index (χ1) is 8.58. The molecule has 18 heavy (non-hydrogen) atoms. The zero-order valence-corrected chi connectivity index (χ0v) is 11.7. The van der Waals surface area contributed by atoms with Crippen LogP contribution in [0.2, 0.25) is 0 Å². The Morgan fingerprint density at radius 3 is 2.61 bits per heavy atom. The van der Waals surface area contributed by atoms with Gasteiger partial charge in [0, 0.05) is 43.8 Å². The summed E-state index contributed by atoms with van der Waals surface area (Å²) in [5, 5.41) is 0.224. The lowest BCUT2D eigenvalue weighted by molar-refractivity contribution is 0.0726. The predicted molar refractivity (Wildman–Crippen MR) is 75.5 cm³/mol. The molecule has 98 valence electrons. The maximum atomic E-state index is 12.3. The molecule has 0 spiro atoms. The highest BCUT2D eigenvalue weighted by Crippen LogP contribution is 2.19. The molecular weight excluding hydrogens is 248 g/mol. The van der Waals surface area contributed by atoms with Crippen LogP contribution >= 0.6 is 11.6 Å². The number of anilines is 1. The summed E-state index contributed by atoms with van der Waals surface area (Å²) in [6.07, 6.45) is 1.78. The number of amides is 1. The summed E-state index contributed by atoms with van der Waals surface area (Å²) in [4.78, 5) is 16.2. The molecule has 0 N–H and O–H groups in total. The number of alkyl halides is 1. The molecule has 1 aliphatic rings. The Morgan fingerprint density at radius 1 is 1.33 bits per heavy atom. The first-order valence-electron chi connectivity index (χ1n) is 6.28. The van der Waals surface area contributed by atoms with Crippen LogP contribution in [0.3, 0.4) is 0 Å². The Kier molecular flexibility index (Phi) is 4.12. The zero-order chi connectivity index (χ0) is 13.1. The fourth-order valence-electron chi connectivity index (χ4n) is 2.15. The molecular formula is C14H19ClN2O. The van der Waals surface area contributed by atoms with Crippen LogP contribution in [0.4, 0.5) is 5.69 Å². The Labute approximate surface area is 113 Å². The summed E-state index contributed by atoms with van der Waals surface area (Å²) in [7, 11) is 3.95. The van der Waals surface area contributed by atoms with Crippen LogP contribution in [0.25, 0.3) is 0 Å². The van der Waals surface area contributed by atoms with E-state index in [1.165, 1.54) is 0 Å². The standard InChI is InChI=1S/C14H19ClN2O/c1-16(2)13-5-3-4-11(10-13)14(18)17-8-6-12(15)7-9-17/h3-5,10,12H,6-9H2,1-2H3. The molecule has 1 aliphatic heterocycles. The molecule has 1 saturated heterocycles. The van der Waals surface area contributed by atoms with Crippen molar-refractivity contribution in [1.29, 1.82) is 0 Å². The number of rotatable bonds is 2. The van der Waals surface area contributed by atoms with E-state index in [1.54, 1.807) is 0 Å². The van der Waals surface area contributed by atoms with Crippen LogP contribution in [0.5, 0.6) is 0 Å². The molecule has 0 unspecified atom stereocenters. The second-order valence-corrected chi connectivity index (χ2v) is 5.53. The number of hydrogen-bond donors (Lipinski definition) is 0. The molecule has 1 heterocycles. The SMILES string of the molecule is CN(C)c1cccc(C(=O)N2CCC(Cl)CC2)c1. The third-order valence-corrected chi connectivity index (χ3v) is 3.76. The third-order valence-electron chi connectivity index (χ3n) is 3.32. The number of piperidine rings is 1. The quantitative estimate of drug-likeness (QED) is 0.769. The molecule has 0 saturated carbocycles. The summed E-state index contributed by atoms with van der Waals surface area (Å²) < 4.78 is 0. The number of carbonyl (C=O) groups is 1. The van der Waals surface area contributed by atoms with E-state index in [-0.39, 0.29) is 11.3 Å². The van der Waals surface area contributed by atoms with Gasteiger partial charge in [-0.05, 0) is 31.0 Å². The lowest BCUT2D eigenvalue weighted by Gasteiger charge is -2.29. The van der Waals surface area contributed by atoms with Crippen molar-refractivity contribution in [2.24, 2.45) is 0 Å². The van der Waals surface area contributed by atoms with Gasteiger partial charge in [-0.1, -0.05) is 6.07 Å². The zero-order valence-electron chi connectivity index (χ0n) is 10.9. The maximum absolute atomic E-state index is 12.3. The second kappa shape index (κ2) is 5.61. The van der Waals surface area contributed by atoms with Gasteiger partial charge in [-0.25, -0.2) is 0 Å². The van der Waals surface area contributed by atoms with Crippen molar-refractivity contribution in [3.63, 3.8) is 0 Å². The van der Waals surface area contributed by atoms with Crippen molar-refractivity contribution in [2.45, 2.75) is 18.2 Å². The summed E-state index contributed by atoms with van der Waals surface area (Å²) >= 11 is 6.05. The van der Waals surface area contributed by atoms with Gasteiger partial charge in [-0.15, -0.1) is 11.6 Å². The molecule has 1 fully saturated rings. The highest BCUT2D eigenvalue weighted by atomic mass is 35.5. The maximum Gasteiger partial charge on any atom is 0.253 e. The van der Waals surface area contributed by atoms with Crippen LogP contribution in [0.15, 0.2) is 24.3 Å². The van der Waals surface area contributed by atoms with Crippen LogP contribution in [0, 0.1) is 0 Å². The Hall–Kier alpha value is -1.22. The molecule has 0 aliphatic carbocycles. The minimum atomic E-state index is 0.113. The van der Waals surface area contributed by atoms with E-state index in [0.717, 1.165) is 37.2 Å². The highest BCUT2D eigenvalue weighted by molar-refractivity contribution is 6.20. The topological polar surface area (TPSA) is 23.6 Å². The summed E-state index contributed by atoms with van der Waals surface area (Å²) in [5.74, 6) is 0.113. The summed E-state index contributed by atoms with van der Waals surface area (Å²) in [6.45, 7) is 1.53. The average molecular weight is 267 g/mol. The van der Waals surface area contributed by atoms with Crippen LogP contribution in [0.1, 0.15) is 23.2 Å². The van der Waals surface area contributed by atoms with E-state index in [1.807, 2.05) is 48.2 Å². The number of carbonyl (C=O) groups excluding carboxylic acids is 1. The van der Waals surface area contributed by atoms with Gasteiger partial charge in [0.2, 0.25) is 0 Å². The molecule has 1 amide bonds. The van der Waals surface area contributed by atoms with Crippen LogP contribution < -0.4 is 4.90 Å². The van der Waals surface area contributed by atoms with E-state index < -0.39 is 0 Å². The van der Waals surface area contributed by atoms with E-state index in [2.05, 4.69) is 0 Å². The Balaban J connectivity index is 2.11. The molecule has 1 aromatic rings. The Bertz CT molecular complexity index is 426. The van der Waals surface area contributed by atoms with Crippen molar-refractivity contribution in [2.75, 3.05) is 32.1 Å². The van der Waals surface area contributed by atoms with Gasteiger partial charge in [-0.3, -0.25) is 4.79 Å². The normalized spacial score (nSPS) is 16.7. The van der Waals surface area contributed by atoms with Gasteiger partial charge in [0.15, 0.2) is 0 Å². The van der Waals surface area contributed by atoms with Crippen molar-refractivity contribution in [1.82, 2.24) is 4.90 Å². The van der Waals surface area contributed by atoms with Gasteiger partial charge >= 0.3 is 0 Å². The van der Waals surface area contributed by atoms with Crippen molar-refractivity contribution in [3.05, 3.63) is 29.8 Å². The van der Waals surface area contributed by atoms with Crippen LogP contribution in [-0.2, 0) is 0 Å². The number of nitrogens with zero attached hydrogens (tertiary/aromatic N) is 2. The first-order valence-corrected chi connectivity index (χ1v) is 6.72. The van der Waals surface area contributed by atoms with Crippen molar-refractivity contribution < 1.29 is 4.79 Å². The minimum absolute atomic E-state index is 0.113. The van der Waals surface area contributed by atoms with Gasteiger partial charge in [0.25, 0.3) is 5.91 Å². The molecule has 0 bridgehead atoms. The molecule has 0 atom stereocenters. The fourth-order valence-corrected chi connectivity index (χ4v) is 2.35. The smallest absolute Gasteiger partial charge is 0.253 e. The van der Waals surface area contributed by atoms with E-state index in [4.69, 9.17) is 11.6 Å². The Morgan fingerprint density at radius 2 is 2.00 bits per heavy atom. The number of likely N-dealkylation sites (tertiary alicyclic amines) is 1. The van der Waals surface area contributed by atoms with Gasteiger partial charge < -0.3 is 9.80 Å². The van der Waals surface area contributed by atoms with E-state index in [0.29, 0.717) is 0 Å². The monoisotopic (exact) mass is 266 g/mol. The molecule has 0 radical (unpaired) electrons. The molecule has 3 nitrogen and oxygen atoms in total. The molecule has 0 aromatic heterocycles. The first kappa shape index (κ1) is 13.2. The number of hydrogen-bond acceptors (Lipinski definition) is 2. The molecule has 2 rings (SSSR count). The fraction of sp³-hybridized carbons (Fsp3) is 0.500. The van der Waals surface area contributed by atoms with E-state index in [9.17, 15) is 4.79 Å². The van der Waals surface area contributed by atoms with Crippen LogP contribution in [-0.4, -0.2) is 43.4 Å². The van der Waals surface area contributed by atoms with Crippen molar-refractivity contribution in [3.8, 4) is 0 Å². The lowest BCUT2D eigenvalue weighted by atomic mass is 10.1. The van der Waals surface area contributed by atoms with Gasteiger partial charge in [-0.2, -0.15) is 0 Å². The lowest BCUT2D eigenvalue weighted by Crippen LogP contribution is -2.38. The highest BCUT2D eigenvalue weighted by Gasteiger charge is 2.22. The second-order valence-electron chi connectivity index (χ2n) is 4.91. The van der Waals surface area contributed by atoms with Crippen molar-refractivity contribution >= 4 is 23.2 Å². The van der Waals surface area contributed by atoms with E-state index >= 15 is 0 Å². The number of benzene rings is 1. The molecule has 1 aromatic carbocycles. The predicted octanol–water partition coefficient (Wildman–Crippen LogP) is 2.60. The average Bonchev–Trinajstić information content (AvgIpc) is 2.39. The third kappa shape index (κ3) is 2.96.